The van der Waals surface area contributed by atoms with Crippen LogP contribution in [0.5, 0.6) is 0 Å². The number of anilines is 3. The zero-order chi connectivity index (χ0) is 19.8. The zero-order valence-corrected chi connectivity index (χ0v) is 17.0. The highest BCUT2D eigenvalue weighted by Crippen LogP contribution is 2.35. The van der Waals surface area contributed by atoms with Crippen molar-refractivity contribution >= 4 is 56.0 Å². The average molecular weight is 444 g/mol. The molecule has 0 bridgehead atoms. The maximum Gasteiger partial charge on any atom is 0.355 e. The van der Waals surface area contributed by atoms with Gasteiger partial charge in [0.15, 0.2) is 0 Å². The van der Waals surface area contributed by atoms with Crippen molar-refractivity contribution in [1.82, 2.24) is 15.0 Å². The van der Waals surface area contributed by atoms with Gasteiger partial charge in [-0.25, -0.2) is 14.8 Å². The van der Waals surface area contributed by atoms with E-state index in [1.165, 1.54) is 13.4 Å². The highest BCUT2D eigenvalue weighted by molar-refractivity contribution is 9.10. The van der Waals surface area contributed by atoms with Crippen LogP contribution in [-0.2, 0) is 16.0 Å². The Labute approximate surface area is 169 Å². The largest absolute Gasteiger partial charge is 0.464 e. The molecule has 3 heterocycles. The van der Waals surface area contributed by atoms with E-state index in [-0.39, 0.29) is 11.6 Å². The zero-order valence-electron chi connectivity index (χ0n) is 15.4. The molecule has 28 heavy (non-hydrogen) atoms. The number of rotatable bonds is 4. The number of benzene rings is 1. The van der Waals surface area contributed by atoms with Crippen LogP contribution in [0.1, 0.15) is 29.4 Å². The number of aromatic amines is 1. The minimum atomic E-state index is -0.498. The molecule has 8 nitrogen and oxygen atoms in total. The van der Waals surface area contributed by atoms with Crippen LogP contribution in [0.25, 0.3) is 11.0 Å². The highest BCUT2D eigenvalue weighted by atomic mass is 79.9. The third-order valence-corrected chi connectivity index (χ3v) is 5.56. The lowest BCUT2D eigenvalue weighted by molar-refractivity contribution is -0.118. The summed E-state index contributed by atoms with van der Waals surface area (Å²) in [5, 5.41) is 3.92. The van der Waals surface area contributed by atoms with Crippen LogP contribution in [0.3, 0.4) is 0 Å². The Morgan fingerprint density at radius 1 is 1.36 bits per heavy atom. The van der Waals surface area contributed by atoms with Crippen LogP contribution in [0.15, 0.2) is 29.0 Å². The number of methoxy groups -OCH3 is 1. The van der Waals surface area contributed by atoms with Gasteiger partial charge in [0.05, 0.1) is 17.0 Å². The van der Waals surface area contributed by atoms with Crippen LogP contribution in [0, 0.1) is 0 Å². The summed E-state index contributed by atoms with van der Waals surface area (Å²) >= 11 is 3.44. The molecule has 1 aliphatic heterocycles. The van der Waals surface area contributed by atoms with Crippen LogP contribution in [0.4, 0.5) is 17.2 Å². The number of hydrogen-bond acceptors (Lipinski definition) is 6. The minimum absolute atomic E-state index is 0.108. The predicted molar refractivity (Wildman–Crippen MR) is 109 cm³/mol. The number of esters is 1. The fourth-order valence-electron chi connectivity index (χ4n) is 3.37. The summed E-state index contributed by atoms with van der Waals surface area (Å²) in [5.41, 5.74) is 3.65. The smallest absolute Gasteiger partial charge is 0.355 e. The number of aromatic nitrogens is 3. The molecule has 0 atom stereocenters. The van der Waals surface area contributed by atoms with E-state index in [2.05, 4.69) is 36.2 Å². The molecule has 0 saturated carbocycles. The van der Waals surface area contributed by atoms with Gasteiger partial charge in [0.2, 0.25) is 5.91 Å². The fraction of sp³-hybridized carbons (Fsp3) is 0.263. The molecular weight excluding hydrogens is 426 g/mol. The first-order valence-electron chi connectivity index (χ1n) is 8.84. The predicted octanol–water partition coefficient (Wildman–Crippen LogP) is 3.55. The maximum absolute atomic E-state index is 12.2. The van der Waals surface area contributed by atoms with Gasteiger partial charge in [-0.3, -0.25) is 4.79 Å². The molecule has 0 fully saturated rings. The van der Waals surface area contributed by atoms with Gasteiger partial charge in [-0.1, -0.05) is 13.0 Å². The molecule has 0 radical (unpaired) electrons. The molecule has 1 aromatic carbocycles. The number of halogens is 1. The lowest BCUT2D eigenvalue weighted by Crippen LogP contribution is -2.27. The van der Waals surface area contributed by atoms with Crippen LogP contribution >= 0.6 is 15.9 Å². The van der Waals surface area contributed by atoms with E-state index in [0.29, 0.717) is 34.3 Å². The summed E-state index contributed by atoms with van der Waals surface area (Å²) in [5.74, 6) is 0.146. The van der Waals surface area contributed by atoms with E-state index in [4.69, 9.17) is 4.74 Å². The standard InChI is InChI=1S/C19H18BrN5O3/c1-3-13(26)25-7-6-10-4-5-11(8-12(10)25)23-17-14-15(20)16(19(27)28-2)24-18(14)22-9-21-17/h4-5,8-9H,3,6-7H2,1-2H3,(H2,21,22,23,24). The number of nitrogens with one attached hydrogen (secondary N) is 2. The van der Waals surface area contributed by atoms with E-state index in [0.717, 1.165) is 23.4 Å². The van der Waals surface area contributed by atoms with Gasteiger partial charge < -0.3 is 19.9 Å². The number of carbonyl (C=O) groups excluding carboxylic acids is 2. The normalized spacial score (nSPS) is 12.9. The summed E-state index contributed by atoms with van der Waals surface area (Å²) in [6.45, 7) is 2.57. The van der Waals surface area contributed by atoms with E-state index in [1.54, 1.807) is 0 Å². The Bertz CT molecular complexity index is 1090. The monoisotopic (exact) mass is 443 g/mol. The third kappa shape index (κ3) is 3.01. The summed E-state index contributed by atoms with van der Waals surface area (Å²) in [6, 6.07) is 5.92. The van der Waals surface area contributed by atoms with Crippen LogP contribution in [0.2, 0.25) is 0 Å². The van der Waals surface area contributed by atoms with E-state index in [9.17, 15) is 9.59 Å². The second-order valence-corrected chi connectivity index (χ2v) is 7.16. The molecule has 0 unspecified atom stereocenters. The number of nitrogens with zero attached hydrogens (tertiary/aromatic N) is 3. The van der Waals surface area contributed by atoms with Crippen LogP contribution in [-0.4, -0.2) is 40.5 Å². The van der Waals surface area contributed by atoms with Crippen molar-refractivity contribution in [2.24, 2.45) is 0 Å². The molecule has 4 rings (SSSR count). The molecule has 0 saturated heterocycles. The van der Waals surface area contributed by atoms with E-state index >= 15 is 0 Å². The number of fused-ring (bicyclic) bond motifs is 2. The second kappa shape index (κ2) is 7.23. The molecule has 2 aromatic heterocycles. The first-order valence-corrected chi connectivity index (χ1v) is 9.63. The van der Waals surface area contributed by atoms with Crippen molar-refractivity contribution in [3.63, 3.8) is 0 Å². The Morgan fingerprint density at radius 2 is 2.18 bits per heavy atom. The average Bonchev–Trinajstić information content (AvgIpc) is 3.28. The Morgan fingerprint density at radius 3 is 2.93 bits per heavy atom. The van der Waals surface area contributed by atoms with Gasteiger partial charge in [-0.15, -0.1) is 0 Å². The van der Waals surface area contributed by atoms with Crippen molar-refractivity contribution in [3.05, 3.63) is 40.3 Å². The molecule has 144 valence electrons. The van der Waals surface area contributed by atoms with Crippen molar-refractivity contribution in [2.75, 3.05) is 23.9 Å². The Hall–Kier alpha value is -2.94. The minimum Gasteiger partial charge on any atom is -0.464 e. The van der Waals surface area contributed by atoms with E-state index < -0.39 is 5.97 Å². The highest BCUT2D eigenvalue weighted by Gasteiger charge is 2.24. The van der Waals surface area contributed by atoms with Crippen molar-refractivity contribution in [3.8, 4) is 0 Å². The van der Waals surface area contributed by atoms with Crippen molar-refractivity contribution in [1.29, 1.82) is 0 Å². The van der Waals surface area contributed by atoms with Gasteiger partial charge in [0.1, 0.15) is 23.5 Å². The lowest BCUT2D eigenvalue weighted by atomic mass is 10.1. The number of hydrogen-bond donors (Lipinski definition) is 2. The van der Waals surface area contributed by atoms with Gasteiger partial charge in [-0.05, 0) is 40.0 Å². The summed E-state index contributed by atoms with van der Waals surface area (Å²) < 4.78 is 5.32. The summed E-state index contributed by atoms with van der Waals surface area (Å²) in [6.07, 6.45) is 2.73. The Balaban J connectivity index is 1.73. The summed E-state index contributed by atoms with van der Waals surface area (Å²) in [7, 11) is 1.32. The summed E-state index contributed by atoms with van der Waals surface area (Å²) in [4.78, 5) is 37.4. The van der Waals surface area contributed by atoms with Crippen LogP contribution < -0.4 is 10.2 Å². The maximum atomic E-state index is 12.2. The first-order chi connectivity index (χ1) is 13.5. The molecule has 2 N–H and O–H groups in total. The van der Waals surface area contributed by atoms with Gasteiger partial charge in [0.25, 0.3) is 0 Å². The first kappa shape index (κ1) is 18.4. The number of H-pyrrole nitrogens is 1. The topological polar surface area (TPSA) is 100 Å². The molecule has 9 heteroatoms. The molecule has 3 aromatic rings. The van der Waals surface area contributed by atoms with Gasteiger partial charge in [0, 0.05) is 24.3 Å². The molecule has 1 amide bonds. The number of amides is 1. The van der Waals surface area contributed by atoms with Crippen molar-refractivity contribution < 1.29 is 14.3 Å². The SMILES string of the molecule is CCC(=O)N1CCc2ccc(Nc3ncnc4[nH]c(C(=O)OC)c(Br)c34)cc21. The van der Waals surface area contributed by atoms with Gasteiger partial charge >= 0.3 is 5.97 Å². The number of carbonyl (C=O) groups is 2. The quantitative estimate of drug-likeness (QED) is 0.597. The fourth-order valence-corrected chi connectivity index (χ4v) is 4.00. The number of ether oxygens (including phenoxy) is 1. The second-order valence-electron chi connectivity index (χ2n) is 6.37. The lowest BCUT2D eigenvalue weighted by Gasteiger charge is -2.17. The Kier molecular flexibility index (Phi) is 4.76. The van der Waals surface area contributed by atoms with Gasteiger partial charge in [-0.2, -0.15) is 0 Å². The van der Waals surface area contributed by atoms with Crippen molar-refractivity contribution in [2.45, 2.75) is 19.8 Å². The molecular formula is C19H18BrN5O3. The third-order valence-electron chi connectivity index (χ3n) is 4.77. The van der Waals surface area contributed by atoms with E-state index in [1.807, 2.05) is 30.0 Å². The molecule has 0 aliphatic carbocycles. The molecule has 1 aliphatic rings. The molecule has 0 spiro atoms.